The van der Waals surface area contributed by atoms with Crippen LogP contribution in [0.15, 0.2) is 70.4 Å². The maximum Gasteiger partial charge on any atom is 0.335 e. The molecule has 4 aromatic rings. The second kappa shape index (κ2) is 9.64. The van der Waals surface area contributed by atoms with E-state index in [2.05, 4.69) is 15.3 Å². The molecule has 2 heterocycles. The van der Waals surface area contributed by atoms with Gasteiger partial charge in [-0.05, 0) is 48.4 Å². The number of nitrogens with zero attached hydrogens (tertiary/aromatic N) is 2. The Kier molecular flexibility index (Phi) is 6.45. The lowest BCUT2D eigenvalue weighted by Gasteiger charge is -2.15. The second-order valence-corrected chi connectivity index (χ2v) is 7.85. The number of benzene rings is 2. The third kappa shape index (κ3) is 4.81. The Morgan fingerprint density at radius 1 is 1.11 bits per heavy atom. The summed E-state index contributed by atoms with van der Waals surface area (Å²) in [6.45, 7) is 1.91. The van der Waals surface area contributed by atoms with E-state index in [4.69, 9.17) is 9.84 Å². The van der Waals surface area contributed by atoms with Crippen LogP contribution >= 0.6 is 0 Å². The Bertz CT molecular complexity index is 1520. The molecule has 0 aliphatic carbocycles. The van der Waals surface area contributed by atoms with Crippen LogP contribution in [0.3, 0.4) is 0 Å². The number of amides is 1. The van der Waals surface area contributed by atoms with E-state index in [1.165, 1.54) is 24.4 Å². The number of hydrogen-bond acceptors (Lipinski definition) is 6. The third-order valence-electron chi connectivity index (χ3n) is 5.69. The van der Waals surface area contributed by atoms with Crippen molar-refractivity contribution in [3.05, 3.63) is 104 Å². The second-order valence-electron chi connectivity index (χ2n) is 7.85. The van der Waals surface area contributed by atoms with Crippen LogP contribution in [0.4, 0.5) is 0 Å². The third-order valence-corrected chi connectivity index (χ3v) is 5.69. The van der Waals surface area contributed by atoms with Crippen LogP contribution < -0.4 is 21.3 Å². The first kappa shape index (κ1) is 23.4. The lowest BCUT2D eigenvalue weighted by molar-refractivity contribution is 0.0696. The van der Waals surface area contributed by atoms with Gasteiger partial charge in [0.1, 0.15) is 11.4 Å². The number of methoxy groups -OCH3 is 1. The summed E-state index contributed by atoms with van der Waals surface area (Å²) in [5.74, 6) is -0.846. The Balaban J connectivity index is 1.62. The average Bonchev–Trinajstić information content (AvgIpc) is 2.87. The molecule has 3 N–H and O–H groups in total. The van der Waals surface area contributed by atoms with Crippen LogP contribution in [-0.2, 0) is 6.54 Å². The molecule has 10 heteroatoms. The van der Waals surface area contributed by atoms with Gasteiger partial charge in [0.25, 0.3) is 11.5 Å². The zero-order valence-electron chi connectivity index (χ0n) is 18.9. The molecule has 2 aromatic carbocycles. The number of rotatable bonds is 7. The van der Waals surface area contributed by atoms with Crippen molar-refractivity contribution in [3.8, 4) is 5.75 Å². The number of fused-ring (bicyclic) bond motifs is 1. The van der Waals surface area contributed by atoms with E-state index in [9.17, 15) is 19.2 Å². The number of nitrogens with one attached hydrogen (secondary N) is 2. The van der Waals surface area contributed by atoms with Gasteiger partial charge in [-0.25, -0.2) is 14.6 Å². The van der Waals surface area contributed by atoms with E-state index in [0.717, 1.165) is 10.1 Å². The number of carboxylic acid groups (broad SMARTS) is 1. The van der Waals surface area contributed by atoms with Crippen LogP contribution in [0.1, 0.15) is 44.9 Å². The molecule has 10 nitrogen and oxygen atoms in total. The van der Waals surface area contributed by atoms with Crippen molar-refractivity contribution in [2.45, 2.75) is 19.5 Å². The molecular formula is C25H22N4O6. The number of hydrogen-bond donors (Lipinski definition) is 3. The van der Waals surface area contributed by atoms with Crippen molar-refractivity contribution in [1.82, 2.24) is 19.9 Å². The van der Waals surface area contributed by atoms with Gasteiger partial charge < -0.3 is 20.1 Å². The number of pyridine rings is 1. The lowest BCUT2D eigenvalue weighted by atomic mass is 10.1. The van der Waals surface area contributed by atoms with Gasteiger partial charge in [0, 0.05) is 6.54 Å². The highest BCUT2D eigenvalue weighted by molar-refractivity contribution is 5.95. The molecule has 0 saturated carbocycles. The van der Waals surface area contributed by atoms with Crippen LogP contribution in [-0.4, -0.2) is 38.6 Å². The minimum absolute atomic E-state index is 0.0279. The van der Waals surface area contributed by atoms with E-state index in [1.807, 2.05) is 12.1 Å². The van der Waals surface area contributed by atoms with Gasteiger partial charge in [-0.15, -0.1) is 0 Å². The molecule has 35 heavy (non-hydrogen) atoms. The molecule has 1 unspecified atom stereocenters. The number of ether oxygens (including phenoxy) is 1. The molecule has 2 aromatic heterocycles. The number of carboxylic acids is 1. The summed E-state index contributed by atoms with van der Waals surface area (Å²) in [6, 6.07) is 13.8. The first-order valence-electron chi connectivity index (χ1n) is 10.7. The van der Waals surface area contributed by atoms with Gasteiger partial charge in [0.05, 0.1) is 35.8 Å². The molecule has 0 radical (unpaired) electrons. The summed E-state index contributed by atoms with van der Waals surface area (Å²) in [5.41, 5.74) is 0.525. The molecule has 0 spiro atoms. The monoisotopic (exact) mass is 474 g/mol. The number of aromatic nitrogens is 3. The highest BCUT2D eigenvalue weighted by atomic mass is 16.5. The number of H-pyrrole nitrogens is 1. The Morgan fingerprint density at radius 2 is 1.80 bits per heavy atom. The normalized spacial score (nSPS) is 11.7. The van der Waals surface area contributed by atoms with Crippen molar-refractivity contribution in [3.63, 3.8) is 0 Å². The van der Waals surface area contributed by atoms with E-state index < -0.39 is 29.2 Å². The largest absolute Gasteiger partial charge is 0.497 e. The van der Waals surface area contributed by atoms with Crippen molar-refractivity contribution < 1.29 is 19.4 Å². The van der Waals surface area contributed by atoms with Gasteiger partial charge in [-0.1, -0.05) is 24.3 Å². The van der Waals surface area contributed by atoms with Gasteiger partial charge in [-0.2, -0.15) is 0 Å². The van der Waals surface area contributed by atoms with Crippen molar-refractivity contribution in [1.29, 1.82) is 0 Å². The molecule has 0 aliphatic heterocycles. The van der Waals surface area contributed by atoms with Crippen molar-refractivity contribution in [2.24, 2.45) is 0 Å². The maximum absolute atomic E-state index is 13.2. The number of carbonyl (C=O) groups is 2. The van der Waals surface area contributed by atoms with Gasteiger partial charge in [0.2, 0.25) is 0 Å². The van der Waals surface area contributed by atoms with E-state index in [0.29, 0.717) is 11.3 Å². The van der Waals surface area contributed by atoms with E-state index >= 15 is 0 Å². The predicted molar refractivity (Wildman–Crippen MR) is 128 cm³/mol. The average molecular weight is 474 g/mol. The summed E-state index contributed by atoms with van der Waals surface area (Å²) in [6.07, 6.45) is 1.27. The van der Waals surface area contributed by atoms with Gasteiger partial charge >= 0.3 is 11.7 Å². The number of aromatic carboxylic acids is 1. The summed E-state index contributed by atoms with van der Waals surface area (Å²) in [4.78, 5) is 56.4. The molecule has 1 amide bonds. The maximum atomic E-state index is 13.2. The van der Waals surface area contributed by atoms with Crippen LogP contribution in [0.25, 0.3) is 10.9 Å². The summed E-state index contributed by atoms with van der Waals surface area (Å²) < 4.78 is 6.14. The molecule has 0 fully saturated rings. The first-order chi connectivity index (χ1) is 16.8. The summed E-state index contributed by atoms with van der Waals surface area (Å²) in [5, 5.41) is 12.0. The molecule has 1 atom stereocenters. The Morgan fingerprint density at radius 3 is 2.43 bits per heavy atom. The minimum atomic E-state index is -1.07. The fourth-order valence-corrected chi connectivity index (χ4v) is 3.67. The molecule has 178 valence electrons. The Hall–Kier alpha value is -4.73. The molecule has 0 saturated heterocycles. The summed E-state index contributed by atoms with van der Waals surface area (Å²) >= 11 is 0. The van der Waals surface area contributed by atoms with Gasteiger partial charge in [0.15, 0.2) is 0 Å². The zero-order valence-corrected chi connectivity index (χ0v) is 18.9. The van der Waals surface area contributed by atoms with Crippen molar-refractivity contribution in [2.75, 3.05) is 7.11 Å². The first-order valence-corrected chi connectivity index (χ1v) is 10.7. The lowest BCUT2D eigenvalue weighted by Crippen LogP contribution is -2.37. The smallest absolute Gasteiger partial charge is 0.335 e. The highest BCUT2D eigenvalue weighted by Gasteiger charge is 2.18. The molecular weight excluding hydrogens is 452 g/mol. The van der Waals surface area contributed by atoms with E-state index in [-0.39, 0.29) is 28.7 Å². The van der Waals surface area contributed by atoms with E-state index in [1.54, 1.807) is 38.3 Å². The van der Waals surface area contributed by atoms with Crippen LogP contribution in [0.5, 0.6) is 5.75 Å². The van der Waals surface area contributed by atoms with Crippen molar-refractivity contribution >= 4 is 22.8 Å². The summed E-state index contributed by atoms with van der Waals surface area (Å²) in [7, 11) is 1.57. The Labute approximate surface area is 198 Å². The minimum Gasteiger partial charge on any atom is -0.497 e. The standard InChI is InChI=1S/C25H22N4O6/c1-14(16-5-7-17(8-6-16)24(32)33)29-23(31)19-11-20(26-13-21(19)28-25(29)34)22(30)27-12-15-3-9-18(35-2)10-4-15/h3-11,13-14H,12H2,1-2H3,(H,27,30)(H,28,34)(H,32,33). The SMILES string of the molecule is COc1ccc(CNC(=O)c2cc3c(=O)n(C(C)c4ccc(C(=O)O)cc4)c(=O)[nH]c3cn2)cc1. The number of carbonyl (C=O) groups excluding carboxylic acids is 1. The topological polar surface area (TPSA) is 143 Å². The van der Waals surface area contributed by atoms with Gasteiger partial charge in [-0.3, -0.25) is 14.2 Å². The fraction of sp³-hybridized carbons (Fsp3) is 0.160. The highest BCUT2D eigenvalue weighted by Crippen LogP contribution is 2.17. The fourth-order valence-electron chi connectivity index (χ4n) is 3.67. The van der Waals surface area contributed by atoms with Crippen LogP contribution in [0, 0.1) is 0 Å². The molecule has 0 bridgehead atoms. The zero-order chi connectivity index (χ0) is 25.1. The van der Waals surface area contributed by atoms with Crippen LogP contribution in [0.2, 0.25) is 0 Å². The molecule has 4 rings (SSSR count). The predicted octanol–water partition coefficient (Wildman–Crippen LogP) is 2.33. The number of aromatic amines is 1. The quantitative estimate of drug-likeness (QED) is 0.373. The molecule has 0 aliphatic rings.